The van der Waals surface area contributed by atoms with E-state index in [2.05, 4.69) is 5.32 Å². The number of nitrogens with zero attached hydrogens (tertiary/aromatic N) is 1. The molecular weight excluding hydrogens is 470 g/mol. The van der Waals surface area contributed by atoms with Gasteiger partial charge in [0.15, 0.2) is 0 Å². The lowest BCUT2D eigenvalue weighted by Gasteiger charge is -2.26. The lowest BCUT2D eigenvalue weighted by atomic mass is 10.1. The second-order valence-electron chi connectivity index (χ2n) is 7.00. The van der Waals surface area contributed by atoms with Crippen LogP contribution in [0.5, 0.6) is 5.75 Å². The predicted molar refractivity (Wildman–Crippen MR) is 123 cm³/mol. The monoisotopic (exact) mass is 484 g/mol. The molecule has 0 spiro atoms. The van der Waals surface area contributed by atoms with E-state index in [9.17, 15) is 18.8 Å². The van der Waals surface area contributed by atoms with Crippen LogP contribution in [0.2, 0.25) is 10.0 Å². The van der Waals surface area contributed by atoms with Crippen LogP contribution in [0.4, 0.5) is 14.9 Å². The summed E-state index contributed by atoms with van der Waals surface area (Å²) in [7, 11) is 0. The van der Waals surface area contributed by atoms with Crippen molar-refractivity contribution in [2.75, 3.05) is 4.90 Å². The molecule has 0 saturated carbocycles. The first kappa shape index (κ1) is 22.5. The van der Waals surface area contributed by atoms with Gasteiger partial charge < -0.3 is 4.74 Å². The number of urea groups is 1. The number of rotatable bonds is 5. The number of halogens is 3. The van der Waals surface area contributed by atoms with Crippen LogP contribution in [0, 0.1) is 5.82 Å². The summed E-state index contributed by atoms with van der Waals surface area (Å²) in [5.41, 5.74) is 0.814. The Balaban J connectivity index is 1.57. The number of carbonyl (C=O) groups excluding carboxylic acids is 3. The van der Waals surface area contributed by atoms with E-state index < -0.39 is 23.7 Å². The Kier molecular flexibility index (Phi) is 6.44. The molecule has 3 aromatic rings. The molecule has 0 aliphatic carbocycles. The molecular formula is C24H15Cl2FN2O4. The molecule has 6 nitrogen and oxygen atoms in total. The van der Waals surface area contributed by atoms with E-state index in [0.29, 0.717) is 21.9 Å². The standard InChI is InChI=1S/C24H15Cl2FN2O4/c25-16-6-8-17(9-7-16)29-23(31)18(22(30)28-24(29)32)11-14-5-10-21(19(26)12-14)33-13-15-3-1-2-4-20(15)27/h1-12H,13H2,(H,28,30,32)/b18-11+. The van der Waals surface area contributed by atoms with Crippen LogP contribution >= 0.6 is 23.2 Å². The molecule has 1 aliphatic rings. The van der Waals surface area contributed by atoms with Gasteiger partial charge in [0.05, 0.1) is 10.7 Å². The highest BCUT2D eigenvalue weighted by atomic mass is 35.5. The van der Waals surface area contributed by atoms with Crippen LogP contribution in [0.25, 0.3) is 6.08 Å². The maximum atomic E-state index is 13.8. The van der Waals surface area contributed by atoms with E-state index in [-0.39, 0.29) is 22.9 Å². The van der Waals surface area contributed by atoms with Gasteiger partial charge in [0.25, 0.3) is 11.8 Å². The van der Waals surface area contributed by atoms with Gasteiger partial charge in [-0.2, -0.15) is 0 Å². The average Bonchev–Trinajstić information content (AvgIpc) is 2.78. The molecule has 1 heterocycles. The molecule has 0 radical (unpaired) electrons. The van der Waals surface area contributed by atoms with Crippen molar-refractivity contribution in [3.8, 4) is 5.75 Å². The summed E-state index contributed by atoms with van der Waals surface area (Å²) in [6.07, 6.45) is 1.32. The summed E-state index contributed by atoms with van der Waals surface area (Å²) in [6.45, 7) is -0.0219. The van der Waals surface area contributed by atoms with Crippen LogP contribution in [0.3, 0.4) is 0 Å². The van der Waals surface area contributed by atoms with Gasteiger partial charge in [0.2, 0.25) is 0 Å². The topological polar surface area (TPSA) is 75.7 Å². The third-order valence-corrected chi connectivity index (χ3v) is 5.34. The maximum absolute atomic E-state index is 13.8. The summed E-state index contributed by atoms with van der Waals surface area (Å²) in [5, 5.41) is 2.78. The van der Waals surface area contributed by atoms with Gasteiger partial charge >= 0.3 is 6.03 Å². The maximum Gasteiger partial charge on any atom is 0.335 e. The first-order chi connectivity index (χ1) is 15.8. The fourth-order valence-electron chi connectivity index (χ4n) is 3.14. The van der Waals surface area contributed by atoms with Crippen LogP contribution < -0.4 is 15.0 Å². The molecule has 1 saturated heterocycles. The number of amides is 4. The Morgan fingerprint density at radius 1 is 0.970 bits per heavy atom. The minimum atomic E-state index is -0.862. The molecule has 0 atom stereocenters. The first-order valence-corrected chi connectivity index (χ1v) is 10.4. The molecule has 4 rings (SSSR count). The molecule has 1 aliphatic heterocycles. The molecule has 3 aromatic carbocycles. The molecule has 166 valence electrons. The summed E-state index contributed by atoms with van der Waals surface area (Å²) >= 11 is 12.1. The van der Waals surface area contributed by atoms with Gasteiger partial charge in [0, 0.05) is 10.6 Å². The zero-order valence-electron chi connectivity index (χ0n) is 16.8. The number of anilines is 1. The molecule has 4 amide bonds. The van der Waals surface area contributed by atoms with Crippen molar-refractivity contribution < 1.29 is 23.5 Å². The molecule has 1 N–H and O–H groups in total. The number of barbiturate groups is 1. The Morgan fingerprint density at radius 2 is 1.70 bits per heavy atom. The van der Waals surface area contributed by atoms with E-state index in [1.165, 1.54) is 42.5 Å². The highest BCUT2D eigenvalue weighted by Crippen LogP contribution is 2.29. The van der Waals surface area contributed by atoms with E-state index in [1.54, 1.807) is 30.3 Å². The van der Waals surface area contributed by atoms with Crippen molar-refractivity contribution >= 4 is 52.8 Å². The minimum absolute atomic E-state index is 0.0219. The van der Waals surface area contributed by atoms with Crippen molar-refractivity contribution in [2.45, 2.75) is 6.61 Å². The van der Waals surface area contributed by atoms with Gasteiger partial charge in [-0.05, 0) is 54.1 Å². The van der Waals surface area contributed by atoms with Crippen molar-refractivity contribution in [1.29, 1.82) is 0 Å². The first-order valence-electron chi connectivity index (χ1n) is 9.66. The summed E-state index contributed by atoms with van der Waals surface area (Å²) in [5.74, 6) is -1.70. The van der Waals surface area contributed by atoms with Gasteiger partial charge in [-0.25, -0.2) is 14.1 Å². The third-order valence-electron chi connectivity index (χ3n) is 4.79. The van der Waals surface area contributed by atoms with Crippen molar-refractivity contribution in [1.82, 2.24) is 5.32 Å². The Morgan fingerprint density at radius 3 is 2.39 bits per heavy atom. The van der Waals surface area contributed by atoms with Crippen LogP contribution in [-0.4, -0.2) is 17.8 Å². The highest BCUT2D eigenvalue weighted by Gasteiger charge is 2.36. The van der Waals surface area contributed by atoms with E-state index in [1.807, 2.05) is 0 Å². The minimum Gasteiger partial charge on any atom is -0.487 e. The fraction of sp³-hybridized carbons (Fsp3) is 0.0417. The quantitative estimate of drug-likeness (QED) is 0.389. The lowest BCUT2D eigenvalue weighted by Crippen LogP contribution is -2.54. The number of imide groups is 2. The zero-order valence-corrected chi connectivity index (χ0v) is 18.4. The van der Waals surface area contributed by atoms with E-state index in [0.717, 1.165) is 4.90 Å². The molecule has 33 heavy (non-hydrogen) atoms. The number of hydrogen-bond donors (Lipinski definition) is 1. The second-order valence-corrected chi connectivity index (χ2v) is 7.85. The fourth-order valence-corrected chi connectivity index (χ4v) is 3.51. The van der Waals surface area contributed by atoms with Gasteiger partial charge in [-0.15, -0.1) is 0 Å². The Hall–Kier alpha value is -3.68. The van der Waals surface area contributed by atoms with Crippen LogP contribution in [0.15, 0.2) is 72.3 Å². The van der Waals surface area contributed by atoms with Gasteiger partial charge in [-0.3, -0.25) is 14.9 Å². The molecule has 0 unspecified atom stereocenters. The molecule has 0 aromatic heterocycles. The number of nitrogens with one attached hydrogen (secondary N) is 1. The van der Waals surface area contributed by atoms with Crippen LogP contribution in [0.1, 0.15) is 11.1 Å². The van der Waals surface area contributed by atoms with Gasteiger partial charge in [-0.1, -0.05) is 47.5 Å². The Bertz CT molecular complexity index is 1290. The van der Waals surface area contributed by atoms with Crippen LogP contribution in [-0.2, 0) is 16.2 Å². The zero-order chi connectivity index (χ0) is 23.5. The van der Waals surface area contributed by atoms with Gasteiger partial charge in [0.1, 0.15) is 23.7 Å². The number of ether oxygens (including phenoxy) is 1. The van der Waals surface area contributed by atoms with E-state index >= 15 is 0 Å². The molecule has 1 fully saturated rings. The van der Waals surface area contributed by atoms with Crippen molar-refractivity contribution in [2.24, 2.45) is 0 Å². The van der Waals surface area contributed by atoms with Crippen molar-refractivity contribution in [3.63, 3.8) is 0 Å². The average molecular weight is 485 g/mol. The highest BCUT2D eigenvalue weighted by molar-refractivity contribution is 6.39. The predicted octanol–water partition coefficient (Wildman–Crippen LogP) is 5.38. The summed E-state index contributed by atoms with van der Waals surface area (Å²) < 4.78 is 19.4. The SMILES string of the molecule is O=C1NC(=O)N(c2ccc(Cl)cc2)C(=O)/C1=C/c1ccc(OCc2ccccc2F)c(Cl)c1. The van der Waals surface area contributed by atoms with E-state index in [4.69, 9.17) is 27.9 Å². The summed E-state index contributed by atoms with van der Waals surface area (Å²) in [6, 6.07) is 16.0. The number of carbonyl (C=O) groups is 3. The molecule has 9 heteroatoms. The Labute approximate surface area is 198 Å². The van der Waals surface area contributed by atoms with Crippen molar-refractivity contribution in [3.05, 3.63) is 99.3 Å². The number of hydrogen-bond acceptors (Lipinski definition) is 4. The normalized spacial score (nSPS) is 15.1. The molecule has 0 bridgehead atoms. The largest absolute Gasteiger partial charge is 0.487 e. The second kappa shape index (κ2) is 9.44. The third kappa shape index (κ3) is 4.89. The smallest absolute Gasteiger partial charge is 0.335 e. The lowest BCUT2D eigenvalue weighted by molar-refractivity contribution is -0.122. The number of benzene rings is 3. The summed E-state index contributed by atoms with van der Waals surface area (Å²) in [4.78, 5) is 38.4.